The smallest absolute Gasteiger partial charge is 0.308 e. The van der Waals surface area contributed by atoms with E-state index in [1.54, 1.807) is 30.3 Å². The molecule has 1 aliphatic heterocycles. The van der Waals surface area contributed by atoms with Crippen molar-refractivity contribution in [3.8, 4) is 35.8 Å². The van der Waals surface area contributed by atoms with Gasteiger partial charge in [-0.25, -0.2) is 4.99 Å². The van der Waals surface area contributed by atoms with E-state index < -0.39 is 11.9 Å². The van der Waals surface area contributed by atoms with Crippen LogP contribution in [0.4, 0.5) is 11.4 Å². The van der Waals surface area contributed by atoms with Crippen LogP contribution in [0.3, 0.4) is 0 Å². The van der Waals surface area contributed by atoms with Crippen molar-refractivity contribution in [2.24, 2.45) is 4.99 Å². The summed E-state index contributed by atoms with van der Waals surface area (Å²) in [6.07, 6.45) is 0. The molecule has 250 valence electrons. The zero-order chi connectivity index (χ0) is 35.2. The fraction of sp³-hybridized carbons (Fsp3) is 0.343. The molecular formula is C35H32N6O8. The second kappa shape index (κ2) is 17.9. The van der Waals surface area contributed by atoms with E-state index in [-0.39, 0.29) is 58.4 Å². The summed E-state index contributed by atoms with van der Waals surface area (Å²) in [6.45, 7) is 5.73. The summed E-state index contributed by atoms with van der Waals surface area (Å²) in [5, 5.41) is 39.8. The van der Waals surface area contributed by atoms with Crippen molar-refractivity contribution in [1.29, 1.82) is 21.0 Å². The molecule has 0 bridgehead atoms. The van der Waals surface area contributed by atoms with Crippen molar-refractivity contribution in [2.45, 2.75) is 13.8 Å². The molecule has 1 saturated heterocycles. The number of carbonyl (C=O) groups excluding carboxylic acids is 2. The van der Waals surface area contributed by atoms with Crippen LogP contribution in [-0.2, 0) is 28.5 Å². The molecule has 0 radical (unpaired) electrons. The first kappa shape index (κ1) is 36.0. The number of nitriles is 4. The summed E-state index contributed by atoms with van der Waals surface area (Å²) in [4.78, 5) is 31.5. The number of rotatable bonds is 4. The Hall–Kier alpha value is -5.87. The fourth-order valence-electron chi connectivity index (χ4n) is 5.15. The lowest BCUT2D eigenvalue weighted by Crippen LogP contribution is -2.32. The van der Waals surface area contributed by atoms with Gasteiger partial charge in [-0.3, -0.25) is 9.59 Å². The molecule has 2 aromatic carbocycles. The van der Waals surface area contributed by atoms with Crippen LogP contribution in [0.2, 0.25) is 0 Å². The second-order valence-corrected chi connectivity index (χ2v) is 10.3. The highest BCUT2D eigenvalue weighted by molar-refractivity contribution is 6.52. The maximum Gasteiger partial charge on any atom is 0.308 e. The molecule has 1 aliphatic carbocycles. The largest absolute Gasteiger partial charge is 0.424 e. The van der Waals surface area contributed by atoms with Crippen LogP contribution in [0.25, 0.3) is 11.1 Å². The topological polar surface area (TPSA) is 200 Å². The van der Waals surface area contributed by atoms with Gasteiger partial charge in [-0.2, -0.15) is 21.0 Å². The van der Waals surface area contributed by atoms with Gasteiger partial charge < -0.3 is 33.3 Å². The summed E-state index contributed by atoms with van der Waals surface area (Å²) in [7, 11) is 0. The Morgan fingerprint density at radius 2 is 1.12 bits per heavy atom. The zero-order valence-corrected chi connectivity index (χ0v) is 27.0. The monoisotopic (exact) mass is 664 g/mol. The van der Waals surface area contributed by atoms with Crippen LogP contribution >= 0.6 is 0 Å². The molecule has 49 heavy (non-hydrogen) atoms. The molecule has 2 aromatic rings. The highest BCUT2D eigenvalue weighted by atomic mass is 16.6. The predicted molar refractivity (Wildman–Crippen MR) is 174 cm³/mol. The Balaban J connectivity index is 2.00. The summed E-state index contributed by atoms with van der Waals surface area (Å²) in [5.41, 5.74) is 0.258. The third-order valence-electron chi connectivity index (χ3n) is 7.15. The minimum absolute atomic E-state index is 0.0482. The number of hydrogen-bond acceptors (Lipinski definition) is 14. The van der Waals surface area contributed by atoms with E-state index in [2.05, 4.69) is 0 Å². The van der Waals surface area contributed by atoms with Gasteiger partial charge in [-0.15, -0.1) is 0 Å². The van der Waals surface area contributed by atoms with Crippen molar-refractivity contribution in [3.05, 3.63) is 58.7 Å². The highest BCUT2D eigenvalue weighted by Gasteiger charge is 2.35. The van der Waals surface area contributed by atoms with Gasteiger partial charge in [0.2, 0.25) is 0 Å². The van der Waals surface area contributed by atoms with E-state index in [0.717, 1.165) is 0 Å². The van der Waals surface area contributed by atoms with Crippen molar-refractivity contribution in [2.75, 3.05) is 70.8 Å². The van der Waals surface area contributed by atoms with Crippen LogP contribution in [-0.4, -0.2) is 83.6 Å². The van der Waals surface area contributed by atoms with Gasteiger partial charge in [-0.1, -0.05) is 24.3 Å². The van der Waals surface area contributed by atoms with Gasteiger partial charge in [0.15, 0.2) is 17.2 Å². The molecule has 2 aliphatic rings. The maximum atomic E-state index is 12.6. The van der Waals surface area contributed by atoms with Crippen LogP contribution in [0, 0.1) is 45.3 Å². The van der Waals surface area contributed by atoms with Gasteiger partial charge in [-0.05, 0) is 23.3 Å². The molecule has 0 saturated carbocycles. The lowest BCUT2D eigenvalue weighted by molar-refractivity contribution is -0.132. The Morgan fingerprint density at radius 3 is 1.55 bits per heavy atom. The molecule has 0 spiro atoms. The third-order valence-corrected chi connectivity index (χ3v) is 7.15. The summed E-state index contributed by atoms with van der Waals surface area (Å²) < 4.78 is 33.9. The van der Waals surface area contributed by atoms with E-state index in [4.69, 9.17) is 33.4 Å². The Labute approximate surface area is 283 Å². The minimum Gasteiger partial charge on any atom is -0.424 e. The Morgan fingerprint density at radius 1 is 0.673 bits per heavy atom. The van der Waals surface area contributed by atoms with Gasteiger partial charge in [0.25, 0.3) is 0 Å². The number of hydrogen-bond donors (Lipinski definition) is 0. The molecule has 0 aromatic heterocycles. The number of aliphatic imine (C=N–C) groups is 1. The second-order valence-electron chi connectivity index (χ2n) is 10.3. The fourth-order valence-corrected chi connectivity index (χ4v) is 5.15. The van der Waals surface area contributed by atoms with E-state index in [9.17, 15) is 30.6 Å². The number of nitrogens with zero attached hydrogens (tertiary/aromatic N) is 6. The first-order valence-electron chi connectivity index (χ1n) is 15.2. The highest BCUT2D eigenvalue weighted by Crippen LogP contribution is 2.49. The number of fused-ring (bicyclic) bond motifs is 1. The summed E-state index contributed by atoms with van der Waals surface area (Å²) >= 11 is 0. The van der Waals surface area contributed by atoms with Crippen molar-refractivity contribution in [3.63, 3.8) is 0 Å². The number of benzene rings is 2. The molecule has 0 atom stereocenters. The SMILES string of the molecule is CC(=O)Oc1ccc(N2CCOCCOCCOCCOCC2)c(OC(C)=O)c1N=C1C(=C(C#N)C#N)c2ccccc2C1=C(C#N)C#N. The zero-order valence-electron chi connectivity index (χ0n) is 27.0. The van der Waals surface area contributed by atoms with Crippen molar-refractivity contribution < 1.29 is 38.0 Å². The van der Waals surface area contributed by atoms with Gasteiger partial charge in [0, 0.05) is 38.1 Å². The molecule has 0 unspecified atom stereocenters. The molecular weight excluding hydrogens is 632 g/mol. The Kier molecular flexibility index (Phi) is 13.1. The molecule has 1 fully saturated rings. The standard InChI is InChI=1S/C35H32N6O8/c1-23(42)48-30-8-7-29(41-9-11-44-13-15-46-17-18-47-16-14-45-12-10-41)35(49-24(2)43)33(30)40-34-31(25(19-36)20-37)27-5-3-4-6-28(27)32(34)26(21-38)22-39/h3-8H,9-18H2,1-2H3. The summed E-state index contributed by atoms with van der Waals surface area (Å²) in [5.74, 6) is -1.69. The number of carbonyl (C=O) groups is 2. The average molecular weight is 665 g/mol. The van der Waals surface area contributed by atoms with Crippen molar-refractivity contribution >= 4 is 40.2 Å². The number of allylic oxidation sites excluding steroid dienone is 4. The van der Waals surface area contributed by atoms with Gasteiger partial charge in [0.05, 0.1) is 64.3 Å². The van der Waals surface area contributed by atoms with Gasteiger partial charge in [0.1, 0.15) is 35.4 Å². The molecule has 14 nitrogen and oxygen atoms in total. The predicted octanol–water partition coefficient (Wildman–Crippen LogP) is 3.81. The molecule has 0 amide bonds. The number of anilines is 1. The van der Waals surface area contributed by atoms with E-state index in [1.165, 1.54) is 19.9 Å². The molecule has 1 heterocycles. The third kappa shape index (κ3) is 8.94. The normalized spacial score (nSPS) is 15.6. The number of esters is 2. The number of ether oxygens (including phenoxy) is 6. The van der Waals surface area contributed by atoms with Crippen LogP contribution in [0.15, 0.2) is 52.5 Å². The maximum absolute atomic E-state index is 12.6. The van der Waals surface area contributed by atoms with Gasteiger partial charge >= 0.3 is 11.9 Å². The van der Waals surface area contributed by atoms with E-state index in [0.29, 0.717) is 69.5 Å². The first-order chi connectivity index (χ1) is 23.8. The molecule has 4 rings (SSSR count). The van der Waals surface area contributed by atoms with E-state index >= 15 is 0 Å². The lowest BCUT2D eigenvalue weighted by Gasteiger charge is -2.27. The molecule has 14 heteroatoms. The van der Waals surface area contributed by atoms with Crippen molar-refractivity contribution in [1.82, 2.24) is 0 Å². The van der Waals surface area contributed by atoms with Crippen LogP contribution in [0.5, 0.6) is 11.5 Å². The van der Waals surface area contributed by atoms with Crippen LogP contribution < -0.4 is 14.4 Å². The van der Waals surface area contributed by atoms with E-state index in [1.807, 2.05) is 29.2 Å². The summed E-state index contributed by atoms with van der Waals surface area (Å²) in [6, 6.07) is 17.1. The minimum atomic E-state index is -0.728. The average Bonchev–Trinajstić information content (AvgIpc) is 3.38. The molecule has 0 N–H and O–H groups in total. The lowest BCUT2D eigenvalue weighted by atomic mass is 10.0. The quantitative estimate of drug-likeness (QED) is 0.260. The van der Waals surface area contributed by atoms with Crippen LogP contribution in [0.1, 0.15) is 25.0 Å². The Bertz CT molecular complexity index is 1740. The first-order valence-corrected chi connectivity index (χ1v) is 15.2.